The first-order chi connectivity index (χ1) is 10.4. The molecule has 2 aliphatic carbocycles. The summed E-state index contributed by atoms with van der Waals surface area (Å²) in [4.78, 5) is 0. The van der Waals surface area contributed by atoms with Gasteiger partial charge < -0.3 is 4.52 Å². The summed E-state index contributed by atoms with van der Waals surface area (Å²) in [5, 5.41) is 8.87. The third-order valence-corrected chi connectivity index (χ3v) is 5.93. The second-order valence-electron chi connectivity index (χ2n) is 7.53. The van der Waals surface area contributed by atoms with Gasteiger partial charge in [0.2, 0.25) is 0 Å². The first-order valence-corrected chi connectivity index (χ1v) is 7.86. The number of hydrogen-bond donors (Lipinski definition) is 0. The van der Waals surface area contributed by atoms with Gasteiger partial charge in [0.15, 0.2) is 0 Å². The van der Waals surface area contributed by atoms with E-state index in [9.17, 15) is 0 Å². The van der Waals surface area contributed by atoms with Crippen LogP contribution < -0.4 is 0 Å². The summed E-state index contributed by atoms with van der Waals surface area (Å²) in [7, 11) is 1.95. The van der Waals surface area contributed by atoms with Crippen LogP contribution in [0.1, 0.15) is 55.5 Å². The summed E-state index contributed by atoms with van der Waals surface area (Å²) >= 11 is 0. The first kappa shape index (κ1) is 13.6. The van der Waals surface area contributed by atoms with Crippen molar-refractivity contribution in [3.63, 3.8) is 0 Å². The molecule has 2 atom stereocenters. The van der Waals surface area contributed by atoms with E-state index >= 15 is 0 Å². The van der Waals surface area contributed by atoms with Crippen LogP contribution in [0.5, 0.6) is 0 Å². The molecule has 0 saturated carbocycles. The summed E-state index contributed by atoms with van der Waals surface area (Å²) in [5.41, 5.74) is 4.54. The molecule has 1 unspecified atom stereocenters. The fraction of sp³-hybridized carbons (Fsp3) is 0.556. The molecule has 2 aliphatic rings. The Hall–Kier alpha value is -2.02. The highest BCUT2D eigenvalue weighted by molar-refractivity contribution is 5.47. The molecule has 114 valence electrons. The quantitative estimate of drug-likeness (QED) is 0.702. The molecule has 2 aromatic heterocycles. The summed E-state index contributed by atoms with van der Waals surface area (Å²) in [6.07, 6.45) is 10.6. The van der Waals surface area contributed by atoms with Crippen molar-refractivity contribution in [3.05, 3.63) is 34.5 Å². The fourth-order valence-electron chi connectivity index (χ4n) is 5.05. The highest BCUT2D eigenvalue weighted by Crippen LogP contribution is 2.56. The maximum atomic E-state index is 5.71. The number of fused-ring (bicyclic) bond motifs is 4. The Kier molecular flexibility index (Phi) is 2.50. The average Bonchev–Trinajstić information content (AvgIpc) is 3.03. The molecule has 2 heterocycles. The molecule has 4 rings (SSSR count). The lowest BCUT2D eigenvalue weighted by atomic mass is 9.51. The third-order valence-electron chi connectivity index (χ3n) is 5.93. The van der Waals surface area contributed by atoms with Crippen molar-refractivity contribution >= 4 is 0 Å². The van der Waals surface area contributed by atoms with Crippen molar-refractivity contribution in [2.45, 2.75) is 50.9 Å². The van der Waals surface area contributed by atoms with Gasteiger partial charge >= 0.3 is 0 Å². The van der Waals surface area contributed by atoms with Crippen LogP contribution >= 0.6 is 0 Å². The van der Waals surface area contributed by atoms with E-state index in [1.807, 2.05) is 17.9 Å². The summed E-state index contributed by atoms with van der Waals surface area (Å²) in [5.74, 6) is 4.35. The second-order valence-corrected chi connectivity index (χ2v) is 7.53. The van der Waals surface area contributed by atoms with E-state index in [0.29, 0.717) is 5.92 Å². The van der Waals surface area contributed by atoms with Crippen LogP contribution in [0.3, 0.4) is 0 Å². The average molecular weight is 295 g/mol. The zero-order valence-electron chi connectivity index (χ0n) is 13.6. The van der Waals surface area contributed by atoms with Crippen LogP contribution in [0.25, 0.3) is 0 Å². The molecule has 0 radical (unpaired) electrons. The molecule has 4 heteroatoms. The van der Waals surface area contributed by atoms with Gasteiger partial charge in [-0.1, -0.05) is 31.8 Å². The summed E-state index contributed by atoms with van der Waals surface area (Å²) in [6, 6.07) is 0. The van der Waals surface area contributed by atoms with Gasteiger partial charge in [-0.15, -0.1) is 6.42 Å². The lowest BCUT2D eigenvalue weighted by Crippen LogP contribution is -2.51. The molecule has 4 nitrogen and oxygen atoms in total. The molecule has 0 saturated heterocycles. The molecule has 0 aromatic carbocycles. The zero-order chi connectivity index (χ0) is 15.7. The number of aryl methyl sites for hydroxylation is 1. The number of aromatic nitrogens is 3. The van der Waals surface area contributed by atoms with Crippen LogP contribution in [0, 0.1) is 18.3 Å². The molecule has 22 heavy (non-hydrogen) atoms. The lowest BCUT2D eigenvalue weighted by Gasteiger charge is -2.51. The maximum Gasteiger partial charge on any atom is 0.145 e. The van der Waals surface area contributed by atoms with E-state index in [0.717, 1.165) is 30.7 Å². The maximum absolute atomic E-state index is 5.71. The van der Waals surface area contributed by atoms with E-state index in [2.05, 4.69) is 31.8 Å². The van der Waals surface area contributed by atoms with Crippen LogP contribution in [-0.2, 0) is 30.7 Å². The molecule has 2 aromatic rings. The molecule has 0 spiro atoms. The smallest absolute Gasteiger partial charge is 0.145 e. The first-order valence-electron chi connectivity index (χ1n) is 7.86. The minimum absolute atomic E-state index is 0.0114. The molecule has 0 bridgehead atoms. The summed E-state index contributed by atoms with van der Waals surface area (Å²) in [6.45, 7) is 6.88. The minimum atomic E-state index is -0.0373. The van der Waals surface area contributed by atoms with Crippen molar-refractivity contribution < 1.29 is 4.52 Å². The highest BCUT2D eigenvalue weighted by Gasteiger charge is 2.55. The molecular weight excluding hydrogens is 274 g/mol. The largest absolute Gasteiger partial charge is 0.361 e. The van der Waals surface area contributed by atoms with Gasteiger partial charge in [0, 0.05) is 29.0 Å². The molecular formula is C18H21N3O. The van der Waals surface area contributed by atoms with Gasteiger partial charge in [0.05, 0.1) is 11.9 Å². The van der Waals surface area contributed by atoms with E-state index in [-0.39, 0.29) is 10.8 Å². The third kappa shape index (κ3) is 1.44. The molecule has 0 amide bonds. The Balaban J connectivity index is 1.96. The molecule has 0 fully saturated rings. The van der Waals surface area contributed by atoms with Crippen LogP contribution in [0.2, 0.25) is 0 Å². The Morgan fingerprint density at radius 2 is 2.18 bits per heavy atom. The minimum Gasteiger partial charge on any atom is -0.361 e. The van der Waals surface area contributed by atoms with Crippen molar-refractivity contribution in [2.24, 2.45) is 13.0 Å². The van der Waals surface area contributed by atoms with Crippen LogP contribution in [-0.4, -0.2) is 14.9 Å². The number of rotatable bonds is 0. The Morgan fingerprint density at radius 1 is 1.41 bits per heavy atom. The van der Waals surface area contributed by atoms with E-state index in [4.69, 9.17) is 16.0 Å². The lowest BCUT2D eigenvalue weighted by molar-refractivity contribution is 0.109. The van der Waals surface area contributed by atoms with Crippen LogP contribution in [0.15, 0.2) is 10.7 Å². The fourth-order valence-corrected chi connectivity index (χ4v) is 5.05. The predicted molar refractivity (Wildman–Crippen MR) is 83.5 cm³/mol. The Morgan fingerprint density at radius 3 is 2.91 bits per heavy atom. The highest BCUT2D eigenvalue weighted by atomic mass is 16.5. The zero-order valence-corrected chi connectivity index (χ0v) is 13.6. The van der Waals surface area contributed by atoms with Gasteiger partial charge in [0.1, 0.15) is 11.5 Å². The van der Waals surface area contributed by atoms with Gasteiger partial charge in [-0.2, -0.15) is 5.10 Å². The Labute approximate surface area is 130 Å². The van der Waals surface area contributed by atoms with Gasteiger partial charge in [0.25, 0.3) is 0 Å². The SMILES string of the molecule is C#Cc1c2c(nn1C)C1(C)Cc3cnoc3C(C)(C)[C@@H]1CC2. The number of hydrogen-bond acceptors (Lipinski definition) is 3. The number of nitrogens with zero attached hydrogens (tertiary/aromatic N) is 3. The van der Waals surface area contributed by atoms with Crippen LogP contribution in [0.4, 0.5) is 0 Å². The van der Waals surface area contributed by atoms with Gasteiger partial charge in [-0.25, -0.2) is 0 Å². The predicted octanol–water partition coefficient (Wildman–Crippen LogP) is 2.74. The van der Waals surface area contributed by atoms with Gasteiger partial charge in [-0.3, -0.25) is 4.68 Å². The molecule has 0 N–H and O–H groups in total. The Bertz CT molecular complexity index is 805. The van der Waals surface area contributed by atoms with E-state index in [1.165, 1.54) is 16.8 Å². The standard InChI is InChI=1S/C18H21N3O/c1-6-13-12-7-8-14-17(2,3)16-11(10-19-22-16)9-18(14,4)15(12)20-21(13)5/h1,10,14H,7-9H2,2-5H3/t14-,18?/m0/s1. The number of terminal acetylenes is 1. The van der Waals surface area contributed by atoms with Gasteiger partial charge in [-0.05, 0) is 25.2 Å². The van der Waals surface area contributed by atoms with Crippen molar-refractivity contribution in [2.75, 3.05) is 0 Å². The topological polar surface area (TPSA) is 43.9 Å². The van der Waals surface area contributed by atoms with E-state index in [1.54, 1.807) is 0 Å². The van der Waals surface area contributed by atoms with Crippen molar-refractivity contribution in [3.8, 4) is 12.3 Å². The van der Waals surface area contributed by atoms with Crippen molar-refractivity contribution in [1.82, 2.24) is 14.9 Å². The second kappa shape index (κ2) is 4.04. The normalized spacial score (nSPS) is 28.4. The van der Waals surface area contributed by atoms with E-state index < -0.39 is 0 Å². The van der Waals surface area contributed by atoms with Crippen molar-refractivity contribution in [1.29, 1.82) is 0 Å². The molecule has 0 aliphatic heterocycles. The monoisotopic (exact) mass is 295 g/mol. The summed E-state index contributed by atoms with van der Waals surface area (Å²) < 4.78 is 7.46.